The number of ether oxygens (including phenoxy) is 2. The Morgan fingerprint density at radius 2 is 1.78 bits per heavy atom. The third-order valence-corrected chi connectivity index (χ3v) is 4.94. The highest BCUT2D eigenvalue weighted by Gasteiger charge is 2.21. The summed E-state index contributed by atoms with van der Waals surface area (Å²) in [5.74, 6) is 0.522. The number of hydrogen-bond acceptors (Lipinski definition) is 6. The van der Waals surface area contributed by atoms with Gasteiger partial charge in [-0.1, -0.05) is 18.2 Å². The summed E-state index contributed by atoms with van der Waals surface area (Å²) in [5, 5.41) is 5.10. The summed E-state index contributed by atoms with van der Waals surface area (Å²) in [5.41, 5.74) is 1.88. The zero-order chi connectivity index (χ0) is 18.8. The summed E-state index contributed by atoms with van der Waals surface area (Å²) < 4.78 is 11.0. The molecule has 0 aliphatic carbocycles. The van der Waals surface area contributed by atoms with Gasteiger partial charge in [0.05, 0.1) is 11.3 Å². The van der Waals surface area contributed by atoms with Gasteiger partial charge in [-0.25, -0.2) is 4.98 Å². The number of fused-ring (bicyclic) bond motifs is 1. The molecular weight excluding hydrogens is 364 g/mol. The Hall–Kier alpha value is -3.19. The number of thiazole rings is 1. The van der Waals surface area contributed by atoms with Gasteiger partial charge in [0.2, 0.25) is 0 Å². The van der Waals surface area contributed by atoms with Crippen LogP contribution in [0.5, 0.6) is 11.5 Å². The average molecular weight is 380 g/mol. The molecule has 2 aromatic carbocycles. The molecule has 1 aliphatic heterocycles. The van der Waals surface area contributed by atoms with Gasteiger partial charge >= 0.3 is 0 Å². The monoisotopic (exact) mass is 380 g/mol. The predicted molar refractivity (Wildman–Crippen MR) is 102 cm³/mol. The number of aryl methyl sites for hydroxylation is 1. The van der Waals surface area contributed by atoms with Crippen LogP contribution >= 0.6 is 11.3 Å². The lowest BCUT2D eigenvalue weighted by atomic mass is 9.97. The van der Waals surface area contributed by atoms with Crippen LogP contribution in [0.25, 0.3) is 0 Å². The maximum Gasteiger partial charge on any atom is 0.258 e. The van der Waals surface area contributed by atoms with Crippen molar-refractivity contribution in [3.63, 3.8) is 0 Å². The van der Waals surface area contributed by atoms with E-state index in [-0.39, 0.29) is 11.7 Å². The van der Waals surface area contributed by atoms with E-state index in [0.717, 1.165) is 5.69 Å². The number of nitrogens with one attached hydrogen (secondary N) is 1. The largest absolute Gasteiger partial charge is 0.486 e. The van der Waals surface area contributed by atoms with Gasteiger partial charge in [-0.2, -0.15) is 0 Å². The van der Waals surface area contributed by atoms with E-state index in [0.29, 0.717) is 46.5 Å². The molecular formula is C20H16N2O4S. The lowest BCUT2D eigenvalue weighted by Gasteiger charge is -2.18. The molecule has 0 fully saturated rings. The molecule has 0 spiro atoms. The number of benzene rings is 2. The van der Waals surface area contributed by atoms with Crippen LogP contribution in [0, 0.1) is 6.92 Å². The number of nitrogens with zero attached hydrogens (tertiary/aromatic N) is 1. The number of aromatic nitrogens is 1. The summed E-state index contributed by atoms with van der Waals surface area (Å²) in [6.45, 7) is 2.78. The highest BCUT2D eigenvalue weighted by molar-refractivity contribution is 7.13. The standard InChI is InChI=1S/C20H16N2O4S/c1-12-11-27-20(21-12)22-19(24)15-5-3-2-4-14(15)18(23)13-6-7-16-17(10-13)26-9-8-25-16/h2-7,10-11H,8-9H2,1H3,(H,21,22,24). The van der Waals surface area contributed by atoms with Gasteiger partial charge in [0.25, 0.3) is 5.91 Å². The summed E-state index contributed by atoms with van der Waals surface area (Å²) >= 11 is 1.34. The Balaban J connectivity index is 1.64. The SMILES string of the molecule is Cc1csc(NC(=O)c2ccccc2C(=O)c2ccc3c(c2)OCCO3)n1. The summed E-state index contributed by atoms with van der Waals surface area (Å²) in [6.07, 6.45) is 0. The Kier molecular flexibility index (Phi) is 4.60. The van der Waals surface area contributed by atoms with Gasteiger partial charge in [-0.3, -0.25) is 14.9 Å². The van der Waals surface area contributed by atoms with E-state index >= 15 is 0 Å². The first-order valence-corrected chi connectivity index (χ1v) is 9.26. The molecule has 1 aromatic heterocycles. The first-order valence-electron chi connectivity index (χ1n) is 8.38. The molecule has 7 heteroatoms. The maximum atomic E-state index is 13.0. The lowest BCUT2D eigenvalue weighted by Crippen LogP contribution is -2.18. The van der Waals surface area contributed by atoms with Crippen molar-refractivity contribution in [2.75, 3.05) is 18.5 Å². The highest BCUT2D eigenvalue weighted by atomic mass is 32.1. The second-order valence-electron chi connectivity index (χ2n) is 5.98. The fourth-order valence-electron chi connectivity index (χ4n) is 2.80. The molecule has 0 bridgehead atoms. The number of carbonyl (C=O) groups is 2. The zero-order valence-electron chi connectivity index (χ0n) is 14.5. The number of rotatable bonds is 4. The lowest BCUT2D eigenvalue weighted by molar-refractivity contribution is 0.0996. The van der Waals surface area contributed by atoms with Crippen molar-refractivity contribution in [3.05, 3.63) is 70.2 Å². The summed E-state index contributed by atoms with van der Waals surface area (Å²) in [4.78, 5) is 29.9. The zero-order valence-corrected chi connectivity index (χ0v) is 15.3. The number of carbonyl (C=O) groups excluding carboxylic acids is 2. The Morgan fingerprint density at radius 3 is 2.52 bits per heavy atom. The van der Waals surface area contributed by atoms with Crippen LogP contribution in [0.4, 0.5) is 5.13 Å². The molecule has 1 aliphatic rings. The minimum atomic E-state index is -0.370. The first kappa shape index (κ1) is 17.2. The maximum absolute atomic E-state index is 13.0. The molecule has 2 heterocycles. The Labute approximate surface area is 159 Å². The van der Waals surface area contributed by atoms with E-state index < -0.39 is 0 Å². The number of ketones is 1. The Morgan fingerprint density at radius 1 is 1.04 bits per heavy atom. The molecule has 6 nitrogen and oxygen atoms in total. The minimum absolute atomic E-state index is 0.256. The molecule has 1 amide bonds. The van der Waals surface area contributed by atoms with Crippen molar-refractivity contribution in [1.29, 1.82) is 0 Å². The van der Waals surface area contributed by atoms with E-state index in [1.165, 1.54) is 11.3 Å². The second-order valence-corrected chi connectivity index (χ2v) is 6.84. The average Bonchev–Trinajstić information content (AvgIpc) is 3.11. The van der Waals surface area contributed by atoms with Crippen molar-refractivity contribution >= 4 is 28.2 Å². The minimum Gasteiger partial charge on any atom is -0.486 e. The molecule has 0 unspecified atom stereocenters. The molecule has 4 rings (SSSR count). The molecule has 27 heavy (non-hydrogen) atoms. The van der Waals surface area contributed by atoms with E-state index in [1.54, 1.807) is 42.5 Å². The fraction of sp³-hybridized carbons (Fsp3) is 0.150. The van der Waals surface area contributed by atoms with E-state index in [1.807, 2.05) is 12.3 Å². The van der Waals surface area contributed by atoms with E-state index in [2.05, 4.69) is 10.3 Å². The van der Waals surface area contributed by atoms with Crippen molar-refractivity contribution in [1.82, 2.24) is 4.98 Å². The molecule has 0 saturated heterocycles. The van der Waals surface area contributed by atoms with Gasteiger partial charge in [0.1, 0.15) is 13.2 Å². The summed E-state index contributed by atoms with van der Waals surface area (Å²) in [6, 6.07) is 11.8. The number of hydrogen-bond donors (Lipinski definition) is 1. The van der Waals surface area contributed by atoms with Crippen LogP contribution in [0.1, 0.15) is 32.0 Å². The normalized spacial score (nSPS) is 12.5. The molecule has 0 atom stereocenters. The molecule has 0 radical (unpaired) electrons. The third kappa shape index (κ3) is 3.54. The van der Waals surface area contributed by atoms with E-state index in [9.17, 15) is 9.59 Å². The molecule has 0 saturated carbocycles. The van der Waals surface area contributed by atoms with E-state index in [4.69, 9.17) is 9.47 Å². The van der Waals surface area contributed by atoms with Crippen molar-refractivity contribution in [3.8, 4) is 11.5 Å². The van der Waals surface area contributed by atoms with Crippen LogP contribution in [0.15, 0.2) is 47.8 Å². The van der Waals surface area contributed by atoms with Crippen LogP contribution in [-0.4, -0.2) is 29.9 Å². The number of anilines is 1. The van der Waals surface area contributed by atoms with Crippen molar-refractivity contribution in [2.45, 2.75) is 6.92 Å². The van der Waals surface area contributed by atoms with Crippen LogP contribution in [0.3, 0.4) is 0 Å². The number of amides is 1. The second kappa shape index (κ2) is 7.20. The smallest absolute Gasteiger partial charge is 0.258 e. The molecule has 136 valence electrons. The first-order chi connectivity index (χ1) is 13.1. The van der Waals surface area contributed by atoms with Crippen LogP contribution in [-0.2, 0) is 0 Å². The van der Waals surface area contributed by atoms with Gasteiger partial charge < -0.3 is 9.47 Å². The quantitative estimate of drug-likeness (QED) is 0.698. The summed E-state index contributed by atoms with van der Waals surface area (Å²) in [7, 11) is 0. The van der Waals surface area contributed by atoms with Crippen molar-refractivity contribution in [2.24, 2.45) is 0 Å². The molecule has 3 aromatic rings. The van der Waals surface area contributed by atoms with Crippen molar-refractivity contribution < 1.29 is 19.1 Å². The highest BCUT2D eigenvalue weighted by Crippen LogP contribution is 2.31. The predicted octanol–water partition coefficient (Wildman–Crippen LogP) is 3.71. The molecule has 1 N–H and O–H groups in total. The van der Waals surface area contributed by atoms with Crippen LogP contribution < -0.4 is 14.8 Å². The van der Waals surface area contributed by atoms with Crippen LogP contribution in [0.2, 0.25) is 0 Å². The fourth-order valence-corrected chi connectivity index (χ4v) is 3.48. The Bertz CT molecular complexity index is 1030. The van der Waals surface area contributed by atoms with Gasteiger partial charge in [0, 0.05) is 16.5 Å². The van der Waals surface area contributed by atoms with Gasteiger partial charge in [0.15, 0.2) is 22.4 Å². The van der Waals surface area contributed by atoms with Gasteiger partial charge in [-0.05, 0) is 31.2 Å². The third-order valence-electron chi connectivity index (χ3n) is 4.06. The topological polar surface area (TPSA) is 77.5 Å². The van der Waals surface area contributed by atoms with Gasteiger partial charge in [-0.15, -0.1) is 11.3 Å².